The number of carbonyl (C=O) groups excluding carboxylic acids is 3. The maximum absolute atomic E-state index is 13.5. The van der Waals surface area contributed by atoms with Crippen LogP contribution >= 0.6 is 11.3 Å². The normalized spacial score (nSPS) is 13.1. The molecule has 0 saturated heterocycles. The molecule has 1 aliphatic heterocycles. The molecule has 208 valence electrons. The van der Waals surface area contributed by atoms with Gasteiger partial charge < -0.3 is 20.5 Å². The highest BCUT2D eigenvalue weighted by molar-refractivity contribution is 7.11. The largest absolute Gasteiger partial charge is 0.352 e. The Morgan fingerprint density at radius 3 is 2.63 bits per heavy atom. The van der Waals surface area contributed by atoms with Gasteiger partial charge in [-0.2, -0.15) is 0 Å². The number of aromatic nitrogens is 1. The number of halogens is 2. The molecule has 0 atom stereocenters. The zero-order chi connectivity index (χ0) is 28.9. The zero-order valence-electron chi connectivity index (χ0n) is 21.6. The number of nitrogens with one attached hydrogen (secondary N) is 3. The summed E-state index contributed by atoms with van der Waals surface area (Å²) in [4.78, 5) is 51.3. The smallest absolute Gasteiger partial charge is 0.263 e. The van der Waals surface area contributed by atoms with Crippen LogP contribution in [-0.4, -0.2) is 28.8 Å². The van der Waals surface area contributed by atoms with Crippen LogP contribution in [0.3, 0.4) is 0 Å². The molecule has 0 unspecified atom stereocenters. The van der Waals surface area contributed by atoms with E-state index in [0.717, 1.165) is 17.0 Å². The van der Waals surface area contributed by atoms with Crippen LogP contribution in [-0.2, 0) is 16.1 Å². The van der Waals surface area contributed by atoms with Gasteiger partial charge in [0.1, 0.15) is 5.56 Å². The molecule has 41 heavy (non-hydrogen) atoms. The van der Waals surface area contributed by atoms with Gasteiger partial charge in [-0.25, -0.2) is 8.78 Å². The lowest BCUT2D eigenvalue weighted by atomic mass is 10.1. The molecule has 4 aromatic rings. The van der Waals surface area contributed by atoms with E-state index in [1.54, 1.807) is 18.2 Å². The number of amides is 3. The predicted molar refractivity (Wildman–Crippen MR) is 154 cm³/mol. The van der Waals surface area contributed by atoms with Crippen molar-refractivity contribution in [2.24, 2.45) is 0 Å². The molecule has 0 bridgehead atoms. The van der Waals surface area contributed by atoms with E-state index in [2.05, 4.69) is 16.0 Å². The number of thiophene rings is 1. The highest BCUT2D eigenvalue weighted by Gasteiger charge is 2.24. The predicted octanol–water partition coefficient (Wildman–Crippen LogP) is 4.88. The maximum atomic E-state index is 13.5. The van der Waals surface area contributed by atoms with Crippen molar-refractivity contribution >= 4 is 52.1 Å². The highest BCUT2D eigenvalue weighted by Crippen LogP contribution is 2.35. The SMILES string of the molecule is O=C(CCCNC(=O)c1cccn(Cc2ccc(F)c(F)c2)c1=O)Nc1ccc2c(c1)C(=Cc1cccs1)C(=O)N2. The van der Waals surface area contributed by atoms with Crippen molar-refractivity contribution in [2.45, 2.75) is 19.4 Å². The standard InChI is InChI=1S/C30H24F2N4O4S/c31-24-9-7-18(14-25(24)32)17-36-12-2-5-21(30(36)40)28(38)33-11-1-6-27(37)34-19-8-10-26-22(15-19)23(29(39)35-26)16-20-4-3-13-41-20/h2-5,7-10,12-16H,1,6,11,17H2,(H,33,38)(H,34,37)(H,35,39). The summed E-state index contributed by atoms with van der Waals surface area (Å²) in [5, 5.41) is 10.2. The molecule has 0 radical (unpaired) electrons. The van der Waals surface area contributed by atoms with Gasteiger partial charge in [0.05, 0.1) is 12.1 Å². The third-order valence-corrected chi connectivity index (χ3v) is 7.20. The second-order valence-corrected chi connectivity index (χ2v) is 10.3. The van der Waals surface area contributed by atoms with E-state index >= 15 is 0 Å². The van der Waals surface area contributed by atoms with Crippen LogP contribution in [0.15, 0.2) is 77.0 Å². The summed E-state index contributed by atoms with van der Waals surface area (Å²) in [5.74, 6) is -3.08. The van der Waals surface area contributed by atoms with Gasteiger partial charge in [0.15, 0.2) is 11.6 Å². The second kappa shape index (κ2) is 12.1. The fourth-order valence-corrected chi connectivity index (χ4v) is 5.02. The summed E-state index contributed by atoms with van der Waals surface area (Å²) < 4.78 is 27.9. The van der Waals surface area contributed by atoms with Crippen LogP contribution in [0.2, 0.25) is 0 Å². The van der Waals surface area contributed by atoms with E-state index in [9.17, 15) is 28.0 Å². The first kappa shape index (κ1) is 27.7. The van der Waals surface area contributed by atoms with Crippen LogP contribution in [0.4, 0.5) is 20.2 Å². The molecule has 0 aliphatic carbocycles. The zero-order valence-corrected chi connectivity index (χ0v) is 22.4. The number of anilines is 2. The Labute approximate surface area is 237 Å². The molecule has 2 aromatic heterocycles. The van der Waals surface area contributed by atoms with Crippen molar-refractivity contribution in [3.8, 4) is 0 Å². The molecule has 0 saturated carbocycles. The van der Waals surface area contributed by atoms with Crippen molar-refractivity contribution < 1.29 is 23.2 Å². The molecule has 2 aromatic carbocycles. The number of benzene rings is 2. The minimum Gasteiger partial charge on any atom is -0.352 e. The Kier molecular flexibility index (Phi) is 8.16. The van der Waals surface area contributed by atoms with Gasteiger partial charge in [-0.3, -0.25) is 19.2 Å². The lowest BCUT2D eigenvalue weighted by Crippen LogP contribution is -2.33. The summed E-state index contributed by atoms with van der Waals surface area (Å²) in [6.07, 6.45) is 3.70. The van der Waals surface area contributed by atoms with Crippen LogP contribution in [0.25, 0.3) is 11.6 Å². The van der Waals surface area contributed by atoms with Gasteiger partial charge >= 0.3 is 0 Å². The number of fused-ring (bicyclic) bond motifs is 1. The van der Waals surface area contributed by atoms with E-state index in [1.165, 1.54) is 40.3 Å². The molecule has 3 amide bonds. The van der Waals surface area contributed by atoms with Gasteiger partial charge in [0, 0.05) is 41.0 Å². The monoisotopic (exact) mass is 574 g/mol. The van der Waals surface area contributed by atoms with Crippen LogP contribution < -0.4 is 21.5 Å². The highest BCUT2D eigenvalue weighted by atomic mass is 32.1. The van der Waals surface area contributed by atoms with Crippen molar-refractivity contribution in [1.29, 1.82) is 0 Å². The van der Waals surface area contributed by atoms with Gasteiger partial charge in [0.25, 0.3) is 17.4 Å². The fraction of sp³-hybridized carbons (Fsp3) is 0.133. The van der Waals surface area contributed by atoms with Gasteiger partial charge in [0.2, 0.25) is 5.91 Å². The first-order valence-electron chi connectivity index (χ1n) is 12.7. The minimum absolute atomic E-state index is 0.0322. The van der Waals surface area contributed by atoms with Gasteiger partial charge in [-0.15, -0.1) is 11.3 Å². The molecular weight excluding hydrogens is 550 g/mol. The summed E-state index contributed by atoms with van der Waals surface area (Å²) in [7, 11) is 0. The number of hydrogen-bond acceptors (Lipinski definition) is 5. The number of rotatable bonds is 9. The lowest BCUT2D eigenvalue weighted by molar-refractivity contribution is -0.116. The first-order valence-corrected chi connectivity index (χ1v) is 13.6. The molecule has 0 fully saturated rings. The lowest BCUT2D eigenvalue weighted by Gasteiger charge is -2.10. The van der Waals surface area contributed by atoms with Crippen molar-refractivity contribution in [3.05, 3.63) is 116 Å². The van der Waals surface area contributed by atoms with E-state index in [0.29, 0.717) is 34.5 Å². The average molecular weight is 575 g/mol. The minimum atomic E-state index is -1.02. The molecule has 11 heteroatoms. The van der Waals surface area contributed by atoms with Crippen LogP contribution in [0, 0.1) is 11.6 Å². The van der Waals surface area contributed by atoms with E-state index in [1.807, 2.05) is 23.6 Å². The van der Waals surface area contributed by atoms with Gasteiger partial charge in [-0.05, 0) is 72.0 Å². The van der Waals surface area contributed by atoms with Crippen LogP contribution in [0.5, 0.6) is 0 Å². The first-order chi connectivity index (χ1) is 19.8. The number of hydrogen-bond donors (Lipinski definition) is 3. The maximum Gasteiger partial charge on any atom is 0.263 e. The quantitative estimate of drug-likeness (QED) is 0.196. The second-order valence-electron chi connectivity index (χ2n) is 9.30. The molecule has 3 N–H and O–H groups in total. The Hall–Kier alpha value is -4.90. The molecule has 5 rings (SSSR count). The number of carbonyl (C=O) groups is 3. The van der Waals surface area contributed by atoms with E-state index < -0.39 is 23.1 Å². The number of nitrogens with zero attached hydrogens (tertiary/aromatic N) is 1. The Bertz CT molecular complexity index is 1730. The third kappa shape index (κ3) is 6.47. The molecule has 0 spiro atoms. The summed E-state index contributed by atoms with van der Waals surface area (Å²) in [5.41, 5.74) is 2.12. The Morgan fingerprint density at radius 1 is 1.00 bits per heavy atom. The topological polar surface area (TPSA) is 109 Å². The van der Waals surface area contributed by atoms with E-state index in [-0.39, 0.29) is 36.9 Å². The van der Waals surface area contributed by atoms with Gasteiger partial charge in [-0.1, -0.05) is 12.1 Å². The molecule has 3 heterocycles. The molecule has 1 aliphatic rings. The summed E-state index contributed by atoms with van der Waals surface area (Å²) in [6.45, 7) is 0.121. The Morgan fingerprint density at radius 2 is 1.85 bits per heavy atom. The summed E-state index contributed by atoms with van der Waals surface area (Å²) in [6, 6.07) is 15.2. The van der Waals surface area contributed by atoms with Crippen molar-refractivity contribution in [3.63, 3.8) is 0 Å². The van der Waals surface area contributed by atoms with Crippen LogP contribution in [0.1, 0.15) is 39.2 Å². The third-order valence-electron chi connectivity index (χ3n) is 6.38. The average Bonchev–Trinajstić information content (AvgIpc) is 3.57. The van der Waals surface area contributed by atoms with Crippen molar-refractivity contribution in [2.75, 3.05) is 17.2 Å². The Balaban J connectivity index is 1.14. The summed E-state index contributed by atoms with van der Waals surface area (Å²) >= 11 is 1.52. The van der Waals surface area contributed by atoms with E-state index in [4.69, 9.17) is 0 Å². The molecule has 8 nitrogen and oxygen atoms in total. The number of pyridine rings is 1. The molecular formula is C30H24F2N4O4S. The fourth-order valence-electron chi connectivity index (χ4n) is 4.36. The van der Waals surface area contributed by atoms with Crippen molar-refractivity contribution in [1.82, 2.24) is 9.88 Å².